The largest absolute Gasteiger partial charge is 0.453 e. The molecule has 4 bridgehead atoms. The van der Waals surface area contributed by atoms with Gasteiger partial charge in [-0.1, -0.05) is 17.7 Å². The number of hydrogen-bond donors (Lipinski definition) is 1. The molecule has 0 spiro atoms. The molecule has 4 aliphatic carbocycles. The fourth-order valence-corrected chi connectivity index (χ4v) is 6.37. The number of rotatable bonds is 7. The highest BCUT2D eigenvalue weighted by molar-refractivity contribution is 5.83. The zero-order valence-corrected chi connectivity index (χ0v) is 18.8. The number of nitrogens with one attached hydrogen (secondary N) is 1. The van der Waals surface area contributed by atoms with E-state index in [9.17, 15) is 9.59 Å². The molecule has 0 radical (unpaired) electrons. The van der Waals surface area contributed by atoms with Crippen molar-refractivity contribution in [3.63, 3.8) is 0 Å². The summed E-state index contributed by atoms with van der Waals surface area (Å²) in [5.74, 6) is 2.55. The monoisotopic (exact) mass is 437 g/mol. The molecular weight excluding hydrogens is 406 g/mol. The van der Waals surface area contributed by atoms with E-state index in [1.54, 1.807) is 6.92 Å². The van der Waals surface area contributed by atoms with Crippen molar-refractivity contribution in [2.45, 2.75) is 64.9 Å². The molecule has 6 rings (SSSR count). The number of aryl methyl sites for hydroxylation is 1. The molecule has 7 nitrogen and oxygen atoms in total. The van der Waals surface area contributed by atoms with Crippen molar-refractivity contribution in [2.75, 3.05) is 6.54 Å². The molecule has 32 heavy (non-hydrogen) atoms. The lowest BCUT2D eigenvalue weighted by atomic mass is 9.49. The minimum atomic E-state index is -0.645. The molecule has 4 fully saturated rings. The number of aromatic nitrogens is 2. The van der Waals surface area contributed by atoms with Crippen molar-refractivity contribution in [1.82, 2.24) is 15.5 Å². The van der Waals surface area contributed by atoms with Gasteiger partial charge in [-0.15, -0.1) is 10.2 Å². The van der Waals surface area contributed by atoms with Crippen LogP contribution in [0.5, 0.6) is 0 Å². The molecule has 7 heteroatoms. The van der Waals surface area contributed by atoms with Crippen molar-refractivity contribution < 1.29 is 18.7 Å². The van der Waals surface area contributed by atoms with E-state index in [4.69, 9.17) is 9.15 Å². The molecule has 2 aromatic rings. The summed E-state index contributed by atoms with van der Waals surface area (Å²) in [4.78, 5) is 25.3. The van der Waals surface area contributed by atoms with E-state index in [-0.39, 0.29) is 23.6 Å². The van der Waals surface area contributed by atoms with Crippen LogP contribution in [0.4, 0.5) is 0 Å². The summed E-state index contributed by atoms with van der Waals surface area (Å²) >= 11 is 0. The SMILES string of the molecule is Cc1ccc(-c2nnc(C(C)OC(=O)CCNC(=O)C34CC5CC(CC(C5)C3)C4)o2)cc1. The van der Waals surface area contributed by atoms with Gasteiger partial charge in [0.2, 0.25) is 11.8 Å². The van der Waals surface area contributed by atoms with Crippen LogP contribution in [0.15, 0.2) is 28.7 Å². The first-order chi connectivity index (χ1) is 15.4. The second kappa shape index (κ2) is 8.34. The second-order valence-electron chi connectivity index (χ2n) is 10.1. The Morgan fingerprint density at radius 2 is 1.72 bits per heavy atom. The summed E-state index contributed by atoms with van der Waals surface area (Å²) in [5.41, 5.74) is 1.77. The first-order valence-corrected chi connectivity index (χ1v) is 11.8. The normalized spacial score (nSPS) is 29.0. The third-order valence-electron chi connectivity index (χ3n) is 7.53. The Hall–Kier alpha value is -2.70. The van der Waals surface area contributed by atoms with Gasteiger partial charge in [-0.2, -0.15) is 0 Å². The van der Waals surface area contributed by atoms with E-state index in [2.05, 4.69) is 15.5 Å². The van der Waals surface area contributed by atoms with Crippen LogP contribution in [0.2, 0.25) is 0 Å². The first-order valence-electron chi connectivity index (χ1n) is 11.8. The molecule has 1 amide bonds. The van der Waals surface area contributed by atoms with Crippen molar-refractivity contribution in [1.29, 1.82) is 0 Å². The fourth-order valence-electron chi connectivity index (χ4n) is 6.37. The van der Waals surface area contributed by atoms with Crippen LogP contribution in [0.25, 0.3) is 11.5 Å². The number of amides is 1. The Balaban J connectivity index is 1.10. The zero-order chi connectivity index (χ0) is 22.3. The van der Waals surface area contributed by atoms with Gasteiger partial charge in [0.25, 0.3) is 5.89 Å². The van der Waals surface area contributed by atoms with Gasteiger partial charge in [-0.05, 0) is 82.3 Å². The molecular formula is C25H31N3O4. The number of ether oxygens (including phenoxy) is 1. The average Bonchev–Trinajstić information content (AvgIpc) is 3.23. The van der Waals surface area contributed by atoms with Gasteiger partial charge in [0.1, 0.15) is 0 Å². The number of nitrogens with zero attached hydrogens (tertiary/aromatic N) is 2. The van der Waals surface area contributed by atoms with Gasteiger partial charge in [0.05, 0.1) is 6.42 Å². The van der Waals surface area contributed by atoms with Gasteiger partial charge in [-0.25, -0.2) is 0 Å². The van der Waals surface area contributed by atoms with E-state index in [1.807, 2.05) is 31.2 Å². The van der Waals surface area contributed by atoms with Crippen LogP contribution in [0.1, 0.15) is 69.4 Å². The summed E-state index contributed by atoms with van der Waals surface area (Å²) in [5, 5.41) is 11.1. The molecule has 1 aromatic heterocycles. The van der Waals surface area contributed by atoms with Crippen LogP contribution in [-0.4, -0.2) is 28.6 Å². The Morgan fingerprint density at radius 1 is 1.09 bits per heavy atom. The van der Waals surface area contributed by atoms with Crippen LogP contribution in [0, 0.1) is 30.1 Å². The van der Waals surface area contributed by atoms with Gasteiger partial charge in [0, 0.05) is 17.5 Å². The van der Waals surface area contributed by atoms with Crippen molar-refractivity contribution >= 4 is 11.9 Å². The molecule has 1 unspecified atom stereocenters. The minimum Gasteiger partial charge on any atom is -0.453 e. The summed E-state index contributed by atoms with van der Waals surface area (Å²) in [7, 11) is 0. The molecule has 4 aliphatic rings. The van der Waals surface area contributed by atoms with Crippen molar-refractivity contribution in [3.05, 3.63) is 35.7 Å². The van der Waals surface area contributed by atoms with Crippen LogP contribution >= 0.6 is 0 Å². The summed E-state index contributed by atoms with van der Waals surface area (Å²) in [6, 6.07) is 7.77. The number of hydrogen-bond acceptors (Lipinski definition) is 6. The first kappa shape index (κ1) is 21.2. The predicted octanol–water partition coefficient (Wildman–Crippen LogP) is 4.37. The molecule has 0 saturated heterocycles. The number of esters is 1. The van der Waals surface area contributed by atoms with Gasteiger partial charge in [-0.3, -0.25) is 9.59 Å². The quantitative estimate of drug-likeness (QED) is 0.647. The molecule has 1 atom stereocenters. The van der Waals surface area contributed by atoms with Crippen LogP contribution in [-0.2, 0) is 14.3 Å². The van der Waals surface area contributed by atoms with E-state index >= 15 is 0 Å². The Labute approximate surface area is 188 Å². The molecule has 1 aromatic carbocycles. The lowest BCUT2D eigenvalue weighted by molar-refractivity contribution is -0.150. The molecule has 0 aliphatic heterocycles. The highest BCUT2D eigenvalue weighted by atomic mass is 16.6. The second-order valence-corrected chi connectivity index (χ2v) is 10.1. The number of carbonyl (C=O) groups is 2. The van der Waals surface area contributed by atoms with E-state index in [0.29, 0.717) is 12.4 Å². The van der Waals surface area contributed by atoms with Crippen molar-refractivity contribution in [2.24, 2.45) is 23.2 Å². The highest BCUT2D eigenvalue weighted by Gasteiger charge is 2.54. The standard InChI is InChI=1S/C25H31N3O4/c1-15-3-5-20(6-4-15)23-28-27-22(32-23)16(2)31-21(29)7-8-26-24(30)25-12-17-9-18(13-25)11-19(10-17)14-25/h3-6,16-19H,7-14H2,1-2H3,(H,26,30). The maximum Gasteiger partial charge on any atom is 0.308 e. The van der Waals surface area contributed by atoms with E-state index < -0.39 is 12.1 Å². The smallest absolute Gasteiger partial charge is 0.308 e. The van der Waals surface area contributed by atoms with E-state index in [1.165, 1.54) is 19.3 Å². The summed E-state index contributed by atoms with van der Waals surface area (Å²) < 4.78 is 11.1. The molecule has 1 heterocycles. The van der Waals surface area contributed by atoms with Gasteiger partial charge < -0.3 is 14.5 Å². The van der Waals surface area contributed by atoms with Crippen molar-refractivity contribution in [3.8, 4) is 11.5 Å². The maximum absolute atomic E-state index is 13.0. The lowest BCUT2D eigenvalue weighted by Gasteiger charge is -2.55. The Kier molecular flexibility index (Phi) is 5.51. The average molecular weight is 438 g/mol. The predicted molar refractivity (Wildman–Crippen MR) is 117 cm³/mol. The number of benzene rings is 1. The number of carbonyl (C=O) groups excluding carboxylic acids is 2. The van der Waals surface area contributed by atoms with Crippen LogP contribution in [0.3, 0.4) is 0 Å². The zero-order valence-electron chi connectivity index (χ0n) is 18.8. The minimum absolute atomic E-state index is 0.126. The topological polar surface area (TPSA) is 94.3 Å². The molecule has 1 N–H and O–H groups in total. The summed E-state index contributed by atoms with van der Waals surface area (Å²) in [6.07, 6.45) is 6.45. The van der Waals surface area contributed by atoms with E-state index in [0.717, 1.165) is 48.1 Å². The Bertz CT molecular complexity index is 962. The molecule has 170 valence electrons. The van der Waals surface area contributed by atoms with Gasteiger partial charge in [0.15, 0.2) is 6.10 Å². The fraction of sp³-hybridized carbons (Fsp3) is 0.600. The summed E-state index contributed by atoms with van der Waals surface area (Å²) in [6.45, 7) is 4.01. The maximum atomic E-state index is 13.0. The highest BCUT2D eigenvalue weighted by Crippen LogP contribution is 2.60. The van der Waals surface area contributed by atoms with Crippen LogP contribution < -0.4 is 5.32 Å². The third kappa shape index (κ3) is 4.17. The Morgan fingerprint density at radius 3 is 2.34 bits per heavy atom. The van der Waals surface area contributed by atoms with Gasteiger partial charge >= 0.3 is 5.97 Å². The lowest BCUT2D eigenvalue weighted by Crippen LogP contribution is -2.53. The molecule has 4 saturated carbocycles. The third-order valence-corrected chi connectivity index (χ3v) is 7.53.